The maximum absolute atomic E-state index is 11.1. The summed E-state index contributed by atoms with van der Waals surface area (Å²) in [5.74, 6) is -0.0328. The summed E-state index contributed by atoms with van der Waals surface area (Å²) in [5.41, 5.74) is -0.264. The highest BCUT2D eigenvalue weighted by atomic mass is 32.2. The van der Waals surface area contributed by atoms with Crippen LogP contribution in [-0.2, 0) is 20.2 Å². The minimum Gasteiger partial charge on any atom is -0.399 e. The second kappa shape index (κ2) is 5.86. The van der Waals surface area contributed by atoms with E-state index in [-0.39, 0.29) is 5.88 Å². The van der Waals surface area contributed by atoms with Gasteiger partial charge in [0.15, 0.2) is 0 Å². The largest absolute Gasteiger partial charge is 0.496 e. The van der Waals surface area contributed by atoms with E-state index in [0.29, 0.717) is 5.46 Å². The maximum atomic E-state index is 11.1. The first-order chi connectivity index (χ1) is 10.1. The molecule has 2 heterocycles. The lowest BCUT2D eigenvalue weighted by Crippen LogP contribution is -2.41. The van der Waals surface area contributed by atoms with Crippen LogP contribution in [-0.4, -0.2) is 37.8 Å². The molecule has 0 spiro atoms. The predicted octanol–water partition coefficient (Wildman–Crippen LogP) is -0.00440. The van der Waals surface area contributed by atoms with Crippen molar-refractivity contribution in [3.05, 3.63) is 18.3 Å². The van der Waals surface area contributed by atoms with E-state index in [2.05, 4.69) is 4.98 Å². The average molecular weight is 328 g/mol. The number of carbonyl (C=O) groups excluding carboxylic acids is 1. The van der Waals surface area contributed by atoms with Gasteiger partial charge in [0, 0.05) is 17.7 Å². The standard InChI is InChI=1S/C12H17BN2O6S/c1-11(2)12(3,4)21-13(20-11)8-5-6-9(14-7-8)19-10(16)15-22(17)18/h5-7,22H,1-4H3,(H,15,16,17,18). The molecule has 1 aliphatic heterocycles. The Kier molecular flexibility index (Phi) is 4.45. The lowest BCUT2D eigenvalue weighted by atomic mass is 9.80. The molecular formula is C12H17BN2O6S. The molecule has 2 rings (SSSR count). The summed E-state index contributed by atoms with van der Waals surface area (Å²) >= 11 is 0. The minimum atomic E-state index is -3.06. The molecule has 22 heavy (non-hydrogen) atoms. The Balaban J connectivity index is 2.06. The Hall–Kier alpha value is -1.65. The first-order valence-corrected chi connectivity index (χ1v) is 7.73. The van der Waals surface area contributed by atoms with Gasteiger partial charge in [0.05, 0.1) is 11.2 Å². The molecule has 0 radical (unpaired) electrons. The Morgan fingerprint density at radius 3 is 2.27 bits per heavy atom. The number of nitrogens with zero attached hydrogens (tertiary/aromatic N) is 1. The zero-order valence-electron chi connectivity index (χ0n) is 12.7. The monoisotopic (exact) mass is 328 g/mol. The summed E-state index contributed by atoms with van der Waals surface area (Å²) in [5, 5.41) is 0. The Morgan fingerprint density at radius 2 is 1.82 bits per heavy atom. The molecule has 0 saturated carbocycles. The molecule has 1 aliphatic rings. The quantitative estimate of drug-likeness (QED) is 0.594. The number of rotatable bonds is 3. The second-order valence-electron chi connectivity index (χ2n) is 5.78. The highest BCUT2D eigenvalue weighted by Gasteiger charge is 2.51. The van der Waals surface area contributed by atoms with Gasteiger partial charge in [-0.2, -0.15) is 0 Å². The second-order valence-corrected chi connectivity index (χ2v) is 6.51. The van der Waals surface area contributed by atoms with Gasteiger partial charge >= 0.3 is 13.2 Å². The van der Waals surface area contributed by atoms with Crippen molar-refractivity contribution in [2.75, 3.05) is 0 Å². The van der Waals surface area contributed by atoms with Crippen LogP contribution in [0.4, 0.5) is 4.79 Å². The fourth-order valence-corrected chi connectivity index (χ4v) is 1.96. The number of amides is 1. The molecule has 120 valence electrons. The number of ether oxygens (including phenoxy) is 1. The molecule has 1 fully saturated rings. The number of aromatic nitrogens is 1. The predicted molar refractivity (Wildman–Crippen MR) is 79.4 cm³/mol. The van der Waals surface area contributed by atoms with Crippen molar-refractivity contribution in [3.63, 3.8) is 0 Å². The molecule has 0 aromatic carbocycles. The van der Waals surface area contributed by atoms with Gasteiger partial charge in [-0.25, -0.2) is 22.9 Å². The van der Waals surface area contributed by atoms with E-state index in [1.165, 1.54) is 12.3 Å². The van der Waals surface area contributed by atoms with Gasteiger partial charge in [-0.05, 0) is 27.7 Å². The van der Waals surface area contributed by atoms with E-state index in [4.69, 9.17) is 14.0 Å². The van der Waals surface area contributed by atoms with E-state index in [9.17, 15) is 13.2 Å². The first kappa shape index (κ1) is 16.7. The highest BCUT2D eigenvalue weighted by molar-refractivity contribution is 7.70. The minimum absolute atomic E-state index is 0.0328. The topological polar surface area (TPSA) is 104 Å². The molecule has 0 atom stereocenters. The van der Waals surface area contributed by atoms with Crippen LogP contribution >= 0.6 is 0 Å². The molecule has 1 saturated heterocycles. The van der Waals surface area contributed by atoms with Crippen LogP contribution in [0, 0.1) is 0 Å². The third-order valence-electron chi connectivity index (χ3n) is 3.66. The van der Waals surface area contributed by atoms with Crippen molar-refractivity contribution < 1.29 is 27.3 Å². The van der Waals surface area contributed by atoms with Crippen LogP contribution in [0.25, 0.3) is 0 Å². The van der Waals surface area contributed by atoms with Crippen molar-refractivity contribution in [3.8, 4) is 5.88 Å². The molecule has 1 N–H and O–H groups in total. The molecule has 1 aromatic rings. The van der Waals surface area contributed by atoms with Crippen LogP contribution < -0.4 is 14.9 Å². The van der Waals surface area contributed by atoms with E-state index < -0.39 is 35.3 Å². The average Bonchev–Trinajstić information content (AvgIpc) is 2.58. The summed E-state index contributed by atoms with van der Waals surface area (Å²) in [6, 6.07) is 3.06. The van der Waals surface area contributed by atoms with Crippen molar-refractivity contribution in [1.82, 2.24) is 9.71 Å². The highest BCUT2D eigenvalue weighted by Crippen LogP contribution is 2.36. The maximum Gasteiger partial charge on any atom is 0.496 e. The van der Waals surface area contributed by atoms with Gasteiger partial charge in [0.2, 0.25) is 16.8 Å². The number of hydrogen-bond donors (Lipinski definition) is 2. The van der Waals surface area contributed by atoms with Crippen LogP contribution in [0.5, 0.6) is 5.88 Å². The summed E-state index contributed by atoms with van der Waals surface area (Å²) in [6.07, 6.45) is 0.328. The molecule has 0 aliphatic carbocycles. The molecular weight excluding hydrogens is 311 g/mol. The Morgan fingerprint density at radius 1 is 1.23 bits per heavy atom. The van der Waals surface area contributed by atoms with Crippen molar-refractivity contribution >= 4 is 29.6 Å². The molecule has 8 nitrogen and oxygen atoms in total. The van der Waals surface area contributed by atoms with E-state index in [1.807, 2.05) is 27.7 Å². The number of carbonyl (C=O) groups is 1. The Bertz CT molecular complexity index is 620. The fraction of sp³-hybridized carbons (Fsp3) is 0.500. The Labute approximate surface area is 130 Å². The van der Waals surface area contributed by atoms with Crippen molar-refractivity contribution in [2.45, 2.75) is 38.9 Å². The third kappa shape index (κ3) is 3.57. The van der Waals surface area contributed by atoms with Gasteiger partial charge in [-0.3, -0.25) is 0 Å². The number of nitrogens with one attached hydrogen (secondary N) is 1. The lowest BCUT2D eigenvalue weighted by Gasteiger charge is -2.32. The number of pyridine rings is 1. The van der Waals surface area contributed by atoms with E-state index >= 15 is 0 Å². The summed E-state index contributed by atoms with van der Waals surface area (Å²) in [6.45, 7) is 7.75. The summed E-state index contributed by atoms with van der Waals surface area (Å²) in [4.78, 5) is 15.1. The van der Waals surface area contributed by atoms with Gasteiger partial charge in [0.1, 0.15) is 0 Å². The van der Waals surface area contributed by atoms with Crippen LogP contribution in [0.15, 0.2) is 18.3 Å². The van der Waals surface area contributed by atoms with Crippen molar-refractivity contribution in [1.29, 1.82) is 0 Å². The normalized spacial score (nSPS) is 19.2. The van der Waals surface area contributed by atoms with Gasteiger partial charge < -0.3 is 14.0 Å². The smallest absolute Gasteiger partial charge is 0.399 e. The zero-order chi connectivity index (χ0) is 16.5. The van der Waals surface area contributed by atoms with Crippen LogP contribution in [0.3, 0.4) is 0 Å². The van der Waals surface area contributed by atoms with Gasteiger partial charge in [-0.1, -0.05) is 6.07 Å². The summed E-state index contributed by atoms with van der Waals surface area (Å²) < 4.78 is 38.6. The zero-order valence-corrected chi connectivity index (χ0v) is 13.5. The molecule has 0 unspecified atom stereocenters. The SMILES string of the molecule is CC1(C)OB(c2ccc(OC(=O)N[SH](=O)=O)nc2)OC1(C)C. The van der Waals surface area contributed by atoms with Crippen LogP contribution in [0.1, 0.15) is 27.7 Å². The first-order valence-electron chi connectivity index (χ1n) is 6.55. The third-order valence-corrected chi connectivity index (χ3v) is 4.03. The molecule has 10 heteroatoms. The van der Waals surface area contributed by atoms with Crippen molar-refractivity contribution in [2.24, 2.45) is 0 Å². The van der Waals surface area contributed by atoms with Gasteiger partial charge in [0.25, 0.3) is 0 Å². The summed E-state index contributed by atoms with van der Waals surface area (Å²) in [7, 11) is -3.64. The van der Waals surface area contributed by atoms with E-state index in [0.717, 1.165) is 0 Å². The van der Waals surface area contributed by atoms with Gasteiger partial charge in [-0.15, -0.1) is 0 Å². The molecule has 1 aromatic heterocycles. The number of hydrogen-bond acceptors (Lipinski definition) is 7. The molecule has 1 amide bonds. The lowest BCUT2D eigenvalue weighted by molar-refractivity contribution is 0.00578. The van der Waals surface area contributed by atoms with E-state index in [1.54, 1.807) is 10.8 Å². The number of thiol groups is 1. The molecule has 0 bridgehead atoms. The fourth-order valence-electron chi connectivity index (χ4n) is 1.76. The van der Waals surface area contributed by atoms with Crippen LogP contribution in [0.2, 0.25) is 0 Å².